The van der Waals surface area contributed by atoms with Gasteiger partial charge >= 0.3 is 0 Å². The SMILES string of the molecule is CN=C(NCc1cccc(N(C)C)n1)NC1CCS(=O)(=O)C1.I. The van der Waals surface area contributed by atoms with Crippen LogP contribution >= 0.6 is 24.0 Å². The minimum atomic E-state index is -2.89. The number of halogens is 1. The summed E-state index contributed by atoms with van der Waals surface area (Å²) < 4.78 is 23.0. The van der Waals surface area contributed by atoms with E-state index in [2.05, 4.69) is 20.6 Å². The molecule has 1 atom stereocenters. The molecule has 1 aliphatic rings. The number of guanidine groups is 1. The number of nitrogens with zero attached hydrogens (tertiary/aromatic N) is 3. The molecule has 23 heavy (non-hydrogen) atoms. The number of aromatic nitrogens is 1. The van der Waals surface area contributed by atoms with Crippen LogP contribution in [0.25, 0.3) is 0 Å². The monoisotopic (exact) mass is 453 g/mol. The van der Waals surface area contributed by atoms with Gasteiger partial charge in [-0.05, 0) is 18.6 Å². The van der Waals surface area contributed by atoms with Gasteiger partial charge in [-0.2, -0.15) is 0 Å². The summed E-state index contributed by atoms with van der Waals surface area (Å²) in [5, 5.41) is 6.32. The minimum absolute atomic E-state index is 0. The molecule has 1 aromatic rings. The number of pyridine rings is 1. The molecule has 0 aliphatic carbocycles. The van der Waals surface area contributed by atoms with Crippen molar-refractivity contribution in [2.45, 2.75) is 19.0 Å². The summed E-state index contributed by atoms with van der Waals surface area (Å²) >= 11 is 0. The van der Waals surface area contributed by atoms with E-state index in [4.69, 9.17) is 0 Å². The number of anilines is 1. The van der Waals surface area contributed by atoms with Crippen LogP contribution < -0.4 is 15.5 Å². The van der Waals surface area contributed by atoms with Crippen molar-refractivity contribution in [3.8, 4) is 0 Å². The van der Waals surface area contributed by atoms with Crippen LogP contribution in [0.2, 0.25) is 0 Å². The van der Waals surface area contributed by atoms with Gasteiger partial charge in [0.15, 0.2) is 15.8 Å². The molecule has 0 radical (unpaired) electrons. The first-order chi connectivity index (χ1) is 10.4. The van der Waals surface area contributed by atoms with Gasteiger partial charge in [0.25, 0.3) is 0 Å². The van der Waals surface area contributed by atoms with Gasteiger partial charge in [0.2, 0.25) is 0 Å². The Balaban J connectivity index is 0.00000264. The van der Waals surface area contributed by atoms with E-state index in [9.17, 15) is 8.42 Å². The topological polar surface area (TPSA) is 86.7 Å². The maximum absolute atomic E-state index is 11.5. The second-order valence-electron chi connectivity index (χ2n) is 5.55. The van der Waals surface area contributed by atoms with Crippen molar-refractivity contribution in [3.05, 3.63) is 23.9 Å². The molecule has 0 bridgehead atoms. The summed E-state index contributed by atoms with van der Waals surface area (Å²) in [7, 11) is 2.66. The van der Waals surface area contributed by atoms with Gasteiger partial charge in [-0.15, -0.1) is 24.0 Å². The van der Waals surface area contributed by atoms with Crippen LogP contribution in [0.5, 0.6) is 0 Å². The number of rotatable bonds is 4. The molecule has 1 aliphatic heterocycles. The lowest BCUT2D eigenvalue weighted by atomic mass is 10.3. The van der Waals surface area contributed by atoms with Crippen molar-refractivity contribution in [1.29, 1.82) is 0 Å². The van der Waals surface area contributed by atoms with Crippen molar-refractivity contribution in [3.63, 3.8) is 0 Å². The summed E-state index contributed by atoms with van der Waals surface area (Å²) in [6.45, 7) is 0.529. The molecule has 0 amide bonds. The molecule has 2 heterocycles. The number of aliphatic imine (C=N–C) groups is 1. The van der Waals surface area contributed by atoms with Gasteiger partial charge < -0.3 is 15.5 Å². The third-order valence-corrected chi connectivity index (χ3v) is 5.25. The number of sulfone groups is 1. The lowest BCUT2D eigenvalue weighted by molar-refractivity contribution is 0.599. The second-order valence-corrected chi connectivity index (χ2v) is 7.78. The van der Waals surface area contributed by atoms with E-state index in [1.165, 1.54) is 0 Å². The Labute approximate surface area is 154 Å². The largest absolute Gasteiger partial charge is 0.363 e. The zero-order valence-electron chi connectivity index (χ0n) is 13.6. The van der Waals surface area contributed by atoms with Crippen LogP contribution in [-0.2, 0) is 16.4 Å². The van der Waals surface area contributed by atoms with Crippen molar-refractivity contribution >= 4 is 45.6 Å². The fourth-order valence-corrected chi connectivity index (χ4v) is 3.96. The average molecular weight is 453 g/mol. The van der Waals surface area contributed by atoms with Crippen LogP contribution in [0.15, 0.2) is 23.2 Å². The molecule has 2 N–H and O–H groups in total. The van der Waals surface area contributed by atoms with E-state index >= 15 is 0 Å². The highest BCUT2D eigenvalue weighted by molar-refractivity contribution is 14.0. The van der Waals surface area contributed by atoms with Crippen molar-refractivity contribution in [2.24, 2.45) is 4.99 Å². The predicted molar refractivity (Wildman–Crippen MR) is 104 cm³/mol. The highest BCUT2D eigenvalue weighted by Gasteiger charge is 2.28. The molecule has 2 rings (SSSR count). The first-order valence-electron chi connectivity index (χ1n) is 7.20. The smallest absolute Gasteiger partial charge is 0.191 e. The van der Waals surface area contributed by atoms with Gasteiger partial charge in [0.05, 0.1) is 23.7 Å². The number of nitrogens with one attached hydrogen (secondary N) is 2. The molecular weight excluding hydrogens is 429 g/mol. The summed E-state index contributed by atoms with van der Waals surface area (Å²) in [4.78, 5) is 10.6. The quantitative estimate of drug-likeness (QED) is 0.395. The van der Waals surface area contributed by atoms with Crippen LogP contribution in [0.1, 0.15) is 12.1 Å². The number of hydrogen-bond donors (Lipinski definition) is 2. The summed E-state index contributed by atoms with van der Waals surface area (Å²) in [6, 6.07) is 5.77. The second kappa shape index (κ2) is 8.67. The lowest BCUT2D eigenvalue weighted by Gasteiger charge is -2.16. The summed E-state index contributed by atoms with van der Waals surface area (Å²) in [6.07, 6.45) is 0.622. The Hall–Kier alpha value is -1.10. The third kappa shape index (κ3) is 6.13. The molecule has 130 valence electrons. The first-order valence-corrected chi connectivity index (χ1v) is 9.02. The van der Waals surface area contributed by atoms with Gasteiger partial charge in [-0.25, -0.2) is 13.4 Å². The van der Waals surface area contributed by atoms with E-state index in [0.29, 0.717) is 18.9 Å². The Morgan fingerprint density at radius 2 is 2.17 bits per heavy atom. The average Bonchev–Trinajstić information content (AvgIpc) is 2.82. The zero-order chi connectivity index (χ0) is 16.2. The highest BCUT2D eigenvalue weighted by atomic mass is 127. The Kier molecular flexibility index (Phi) is 7.52. The first kappa shape index (κ1) is 19.9. The fraction of sp³-hybridized carbons (Fsp3) is 0.571. The summed E-state index contributed by atoms with van der Waals surface area (Å²) in [5.74, 6) is 1.90. The van der Waals surface area contributed by atoms with Crippen molar-refractivity contribution < 1.29 is 8.42 Å². The van der Waals surface area contributed by atoms with E-state index < -0.39 is 9.84 Å². The molecule has 0 saturated carbocycles. The maximum Gasteiger partial charge on any atom is 0.191 e. The molecule has 9 heteroatoms. The molecular formula is C14H24IN5O2S. The van der Waals surface area contributed by atoms with Crippen molar-refractivity contribution in [1.82, 2.24) is 15.6 Å². The van der Waals surface area contributed by atoms with Gasteiger partial charge in [0, 0.05) is 27.2 Å². The molecule has 0 aromatic carbocycles. The van der Waals surface area contributed by atoms with E-state index in [1.54, 1.807) is 7.05 Å². The zero-order valence-corrected chi connectivity index (χ0v) is 16.8. The van der Waals surface area contributed by atoms with Crippen LogP contribution in [0.3, 0.4) is 0 Å². The predicted octanol–water partition coefficient (Wildman–Crippen LogP) is 0.618. The molecule has 0 spiro atoms. The fourth-order valence-electron chi connectivity index (χ4n) is 2.29. The van der Waals surface area contributed by atoms with E-state index in [0.717, 1.165) is 11.5 Å². The minimum Gasteiger partial charge on any atom is -0.363 e. The molecule has 1 aromatic heterocycles. The van der Waals surface area contributed by atoms with Crippen LogP contribution in [-0.4, -0.2) is 58.1 Å². The van der Waals surface area contributed by atoms with Gasteiger partial charge in [0.1, 0.15) is 5.82 Å². The maximum atomic E-state index is 11.5. The summed E-state index contributed by atoms with van der Waals surface area (Å²) in [5.41, 5.74) is 0.896. The Morgan fingerprint density at radius 1 is 1.43 bits per heavy atom. The van der Waals surface area contributed by atoms with Crippen LogP contribution in [0.4, 0.5) is 5.82 Å². The van der Waals surface area contributed by atoms with E-state index in [1.807, 2.05) is 37.2 Å². The highest BCUT2D eigenvalue weighted by Crippen LogP contribution is 2.11. The molecule has 1 unspecified atom stereocenters. The third-order valence-electron chi connectivity index (χ3n) is 3.48. The van der Waals surface area contributed by atoms with Gasteiger partial charge in [-0.1, -0.05) is 6.07 Å². The normalized spacial score (nSPS) is 19.8. The Bertz CT molecular complexity index is 648. The van der Waals surface area contributed by atoms with E-state index in [-0.39, 0.29) is 41.5 Å². The molecule has 7 nitrogen and oxygen atoms in total. The van der Waals surface area contributed by atoms with Crippen LogP contribution in [0, 0.1) is 0 Å². The van der Waals surface area contributed by atoms with Crippen molar-refractivity contribution in [2.75, 3.05) is 37.5 Å². The lowest BCUT2D eigenvalue weighted by Crippen LogP contribution is -2.43. The Morgan fingerprint density at radius 3 is 2.74 bits per heavy atom. The molecule has 1 saturated heterocycles. The molecule has 1 fully saturated rings. The standard InChI is InChI=1S/C14H23N5O2S.HI/c1-15-14(18-12-7-8-22(20,21)10-12)16-9-11-5-4-6-13(17-11)19(2)3;/h4-6,12H,7-10H2,1-3H3,(H2,15,16,18);1H. The van der Waals surface area contributed by atoms with Gasteiger partial charge in [-0.3, -0.25) is 4.99 Å². The number of hydrogen-bond acceptors (Lipinski definition) is 5.